The Bertz CT molecular complexity index is 2270. The van der Waals surface area contributed by atoms with E-state index in [1.54, 1.807) is 0 Å². The van der Waals surface area contributed by atoms with Crippen molar-refractivity contribution in [3.05, 3.63) is 177 Å². The average molecular weight is 952 g/mol. The van der Waals surface area contributed by atoms with E-state index in [0.29, 0.717) is 23.3 Å². The molecule has 2 unspecified atom stereocenters. The molecule has 5 aromatic rings. The van der Waals surface area contributed by atoms with E-state index in [4.69, 9.17) is 42.1 Å². The van der Waals surface area contributed by atoms with E-state index in [0.717, 1.165) is 60.0 Å². The van der Waals surface area contributed by atoms with E-state index in [9.17, 15) is 0 Å². The predicted octanol–water partition coefficient (Wildman–Crippen LogP) is 11.7. The molecular formula is C58H64Cl2O4Si2. The lowest BCUT2D eigenvalue weighted by Crippen LogP contribution is -2.66. The lowest BCUT2D eigenvalue weighted by Gasteiger charge is -2.44. The summed E-state index contributed by atoms with van der Waals surface area (Å²) >= 11 is 15.1. The lowest BCUT2D eigenvalue weighted by molar-refractivity contribution is -0.156. The molecule has 0 radical (unpaired) electrons. The van der Waals surface area contributed by atoms with Crippen LogP contribution in [0.3, 0.4) is 0 Å². The predicted molar refractivity (Wildman–Crippen MR) is 280 cm³/mol. The first-order valence-electron chi connectivity index (χ1n) is 23.5. The largest absolute Gasteiger partial charge is 0.353 e. The van der Waals surface area contributed by atoms with Gasteiger partial charge < -0.3 is 18.9 Å². The standard InChI is InChI=1S/C58H64Cl2O4Si2/c1-57(2,3)65(47-23-11-7-12-24-47,48-25-13-8-14-26-48)53(51(59)43-63-55-31-19-21-41-61-55)39-37-45-33-35-46(36-34-45)38-40-54(52(60)44-64-56-32-20-22-42-62-56)66(58(4,5)6,49-27-15-9-16-28-49)50-29-17-10-18-30-50/h7-18,23-30,33-36,55-56H,19-22,31-32,41-44H2,1-6H3/b53-51+,54-52+. The zero-order valence-electron chi connectivity index (χ0n) is 39.5. The van der Waals surface area contributed by atoms with Crippen molar-refractivity contribution in [3.8, 4) is 23.7 Å². The van der Waals surface area contributed by atoms with Gasteiger partial charge in [0.1, 0.15) is 0 Å². The van der Waals surface area contributed by atoms with Crippen molar-refractivity contribution in [2.75, 3.05) is 26.4 Å². The monoisotopic (exact) mass is 950 g/mol. The second-order valence-corrected chi connectivity index (χ2v) is 29.5. The highest BCUT2D eigenvalue weighted by atomic mass is 35.5. The minimum absolute atomic E-state index is 0.220. The molecule has 2 aliphatic rings. The maximum atomic E-state index is 7.55. The van der Waals surface area contributed by atoms with Crippen LogP contribution in [0.5, 0.6) is 0 Å². The summed E-state index contributed by atoms with van der Waals surface area (Å²) in [5.41, 5.74) is 1.72. The molecule has 5 aromatic carbocycles. The molecule has 2 saturated heterocycles. The van der Waals surface area contributed by atoms with Crippen LogP contribution in [0.15, 0.2) is 166 Å². The van der Waals surface area contributed by atoms with Crippen LogP contribution in [0.2, 0.25) is 10.1 Å². The van der Waals surface area contributed by atoms with Gasteiger partial charge in [0.15, 0.2) is 28.7 Å². The molecule has 0 amide bonds. The van der Waals surface area contributed by atoms with E-state index in [-0.39, 0.29) is 35.9 Å². The second-order valence-electron chi connectivity index (χ2n) is 19.3. The number of halogens is 2. The highest BCUT2D eigenvalue weighted by Crippen LogP contribution is 2.44. The summed E-state index contributed by atoms with van der Waals surface area (Å²) in [7, 11) is -5.88. The Morgan fingerprint density at radius 2 is 0.788 bits per heavy atom. The third kappa shape index (κ3) is 11.1. The molecule has 7 rings (SSSR count). The van der Waals surface area contributed by atoms with Crippen LogP contribution < -0.4 is 20.7 Å². The average Bonchev–Trinajstić information content (AvgIpc) is 3.34. The van der Waals surface area contributed by atoms with Crippen LogP contribution in [-0.2, 0) is 18.9 Å². The Labute approximate surface area is 406 Å². The van der Waals surface area contributed by atoms with Crippen LogP contribution in [0, 0.1) is 23.7 Å². The highest BCUT2D eigenvalue weighted by Gasteiger charge is 2.53. The minimum atomic E-state index is -2.94. The van der Waals surface area contributed by atoms with Crippen molar-refractivity contribution in [2.24, 2.45) is 0 Å². The molecular weight excluding hydrogens is 888 g/mol. The Hall–Kier alpha value is -4.45. The van der Waals surface area contributed by atoms with Gasteiger partial charge >= 0.3 is 0 Å². The summed E-state index contributed by atoms with van der Waals surface area (Å²) in [5.74, 6) is 14.6. The zero-order valence-corrected chi connectivity index (χ0v) is 43.0. The van der Waals surface area contributed by atoms with Gasteiger partial charge in [0.2, 0.25) is 0 Å². The van der Waals surface area contributed by atoms with Crippen LogP contribution >= 0.6 is 23.2 Å². The summed E-state index contributed by atoms with van der Waals surface area (Å²) in [6.07, 6.45) is 5.37. The molecule has 0 saturated carbocycles. The van der Waals surface area contributed by atoms with E-state index in [1.807, 2.05) is 0 Å². The lowest BCUT2D eigenvalue weighted by atomic mass is 10.1. The smallest absolute Gasteiger partial charge is 0.165 e. The molecule has 342 valence electrons. The summed E-state index contributed by atoms with van der Waals surface area (Å²) in [6, 6.07) is 51.4. The zero-order chi connectivity index (χ0) is 46.6. The molecule has 0 N–H and O–H groups in total. The van der Waals surface area contributed by atoms with Crippen molar-refractivity contribution < 1.29 is 18.9 Å². The van der Waals surface area contributed by atoms with Gasteiger partial charge in [0, 0.05) is 34.7 Å². The number of allylic oxidation sites excluding steroid dienone is 2. The number of hydrogen-bond acceptors (Lipinski definition) is 4. The van der Waals surface area contributed by atoms with Crippen molar-refractivity contribution in [2.45, 2.75) is 103 Å². The van der Waals surface area contributed by atoms with Crippen molar-refractivity contribution >= 4 is 60.1 Å². The SMILES string of the molecule is CC(C)(C)[Si](/C(C#Cc1ccc(C#C/C(=C(\Cl)COC2CCCCO2)[Si](c2ccccc2)(c2ccccc2)C(C)(C)C)cc1)=C(/Cl)COC1CCCCO1)(c1ccccc1)c1ccccc1. The molecule has 66 heavy (non-hydrogen) atoms. The Balaban J connectivity index is 1.33. The highest BCUT2D eigenvalue weighted by molar-refractivity contribution is 7.11. The third-order valence-electron chi connectivity index (χ3n) is 13.0. The number of benzene rings is 5. The quantitative estimate of drug-likeness (QED) is 0.0922. The Morgan fingerprint density at radius 3 is 1.05 bits per heavy atom. The van der Waals surface area contributed by atoms with Crippen molar-refractivity contribution in [1.29, 1.82) is 0 Å². The molecule has 8 heteroatoms. The van der Waals surface area contributed by atoms with E-state index in [2.05, 4.69) is 211 Å². The minimum Gasteiger partial charge on any atom is -0.353 e. The first kappa shape index (κ1) is 49.5. The summed E-state index contributed by atoms with van der Waals surface area (Å²) in [4.78, 5) is 0. The topological polar surface area (TPSA) is 36.9 Å². The van der Waals surface area contributed by atoms with Gasteiger partial charge in [-0.1, -0.05) is 210 Å². The van der Waals surface area contributed by atoms with E-state index in [1.165, 1.54) is 20.7 Å². The van der Waals surface area contributed by atoms with Gasteiger partial charge in [-0.25, -0.2) is 0 Å². The van der Waals surface area contributed by atoms with Crippen molar-refractivity contribution in [3.63, 3.8) is 0 Å². The van der Waals surface area contributed by atoms with Gasteiger partial charge in [-0.05, 0) is 93.6 Å². The molecule has 2 heterocycles. The second kappa shape index (κ2) is 22.6. The molecule has 0 bridgehead atoms. The van der Waals surface area contributed by atoms with E-state index >= 15 is 0 Å². The summed E-state index contributed by atoms with van der Waals surface area (Å²) in [5, 5.41) is 7.61. The molecule has 4 nitrogen and oxygen atoms in total. The molecule has 0 aliphatic carbocycles. The fourth-order valence-corrected chi connectivity index (χ4v) is 22.0. The van der Waals surface area contributed by atoms with Crippen LogP contribution in [0.1, 0.15) is 91.2 Å². The normalized spacial score (nSPS) is 17.9. The summed E-state index contributed by atoms with van der Waals surface area (Å²) < 4.78 is 24.7. The molecule has 0 aromatic heterocycles. The first-order valence-corrected chi connectivity index (χ1v) is 28.2. The number of hydrogen-bond donors (Lipinski definition) is 0. The fraction of sp³-hybridized carbons (Fsp3) is 0.345. The summed E-state index contributed by atoms with van der Waals surface area (Å²) in [6.45, 7) is 15.8. The van der Waals surface area contributed by atoms with Gasteiger partial charge in [0.25, 0.3) is 0 Å². The Morgan fingerprint density at radius 1 is 0.485 bits per heavy atom. The van der Waals surface area contributed by atoms with Crippen molar-refractivity contribution in [1.82, 2.24) is 0 Å². The van der Waals surface area contributed by atoms with Crippen LogP contribution in [0.25, 0.3) is 0 Å². The van der Waals surface area contributed by atoms with Crippen LogP contribution in [0.4, 0.5) is 0 Å². The van der Waals surface area contributed by atoms with Crippen LogP contribution in [-0.4, -0.2) is 55.2 Å². The molecule has 2 aliphatic heterocycles. The number of rotatable bonds is 12. The van der Waals surface area contributed by atoms with Gasteiger partial charge in [-0.15, -0.1) is 0 Å². The molecule has 2 atom stereocenters. The Kier molecular flexibility index (Phi) is 16.9. The number of ether oxygens (including phenoxy) is 4. The van der Waals surface area contributed by atoms with Gasteiger partial charge in [-0.3, -0.25) is 0 Å². The van der Waals surface area contributed by atoms with Gasteiger partial charge in [0.05, 0.1) is 23.3 Å². The molecule has 0 spiro atoms. The first-order chi connectivity index (χ1) is 31.9. The van der Waals surface area contributed by atoms with E-state index < -0.39 is 16.1 Å². The third-order valence-corrected chi connectivity index (χ3v) is 25.6. The van der Waals surface area contributed by atoms with Gasteiger partial charge in [-0.2, -0.15) is 0 Å². The maximum absolute atomic E-state index is 7.55. The fourth-order valence-electron chi connectivity index (χ4n) is 9.94. The maximum Gasteiger partial charge on any atom is 0.165 e. The molecule has 2 fully saturated rings.